The number of piperidine rings is 1. The van der Waals surface area contributed by atoms with Gasteiger partial charge in [-0.05, 0) is 77.1 Å². The molecule has 2 N–H and O–H groups in total. The molecule has 4 fully saturated rings. The third kappa shape index (κ3) is 3.70. The number of carbonyl (C=O) groups is 1. The van der Waals surface area contributed by atoms with Crippen molar-refractivity contribution < 1.29 is 19.0 Å². The van der Waals surface area contributed by atoms with Crippen LogP contribution >= 0.6 is 0 Å². The second kappa shape index (κ2) is 8.73. The largest absolute Gasteiger partial charge is 0.492 e. The molecule has 1 atom stereocenters. The van der Waals surface area contributed by atoms with E-state index in [0.717, 1.165) is 45.4 Å². The summed E-state index contributed by atoms with van der Waals surface area (Å²) in [7, 11) is 3.78. The van der Waals surface area contributed by atoms with E-state index < -0.39 is 17.2 Å². The molecule has 1 unspecified atom stereocenters. The van der Waals surface area contributed by atoms with Gasteiger partial charge >= 0.3 is 5.97 Å². The van der Waals surface area contributed by atoms with Gasteiger partial charge in [0.15, 0.2) is 11.6 Å². The number of hydrogen-bond acceptors (Lipinski definition) is 6. The molecular weight excluding hydrogens is 463 g/mol. The quantitative estimate of drug-likeness (QED) is 0.606. The molecule has 2 aliphatic heterocycles. The predicted molar refractivity (Wildman–Crippen MR) is 136 cm³/mol. The number of pyridine rings is 1. The number of nitrogens with zero attached hydrogens (tertiary/aromatic N) is 3. The molecule has 0 radical (unpaired) electrons. The Morgan fingerprint density at radius 1 is 1.22 bits per heavy atom. The summed E-state index contributed by atoms with van der Waals surface area (Å²) in [5.74, 6) is -1.05. The third-order valence-corrected chi connectivity index (χ3v) is 9.16. The second-order valence-corrected chi connectivity index (χ2v) is 11.1. The lowest BCUT2D eigenvalue weighted by Gasteiger charge is -2.41. The number of fused-ring (bicyclic) bond motifs is 1. The second-order valence-electron chi connectivity index (χ2n) is 11.1. The highest BCUT2D eigenvalue weighted by atomic mass is 19.1. The van der Waals surface area contributed by atoms with Crippen LogP contribution in [0.5, 0.6) is 5.75 Å². The van der Waals surface area contributed by atoms with Crippen LogP contribution in [-0.4, -0.2) is 72.5 Å². The van der Waals surface area contributed by atoms with E-state index in [-0.39, 0.29) is 22.5 Å². The van der Waals surface area contributed by atoms with Gasteiger partial charge in [0.05, 0.1) is 18.0 Å². The first-order chi connectivity index (χ1) is 17.4. The number of methoxy groups -OCH3 is 1. The molecule has 2 saturated carbocycles. The summed E-state index contributed by atoms with van der Waals surface area (Å²) < 4.78 is 23.4. The molecule has 0 amide bonds. The van der Waals surface area contributed by atoms with E-state index in [1.807, 2.05) is 4.57 Å². The van der Waals surface area contributed by atoms with Crippen LogP contribution < -0.4 is 20.4 Å². The molecule has 6 rings (SSSR count). The smallest absolute Gasteiger partial charge is 0.341 e. The zero-order valence-electron chi connectivity index (χ0n) is 21.1. The number of aromatic carboxylic acids is 1. The molecule has 1 aromatic heterocycles. The molecular formula is C27H35FN4O4. The van der Waals surface area contributed by atoms with Crippen molar-refractivity contribution in [2.45, 2.75) is 62.6 Å². The number of nitrogens with one attached hydrogen (secondary N) is 1. The van der Waals surface area contributed by atoms with Crippen LogP contribution in [0.3, 0.4) is 0 Å². The molecule has 1 aromatic carbocycles. The lowest BCUT2D eigenvalue weighted by Crippen LogP contribution is -2.50. The van der Waals surface area contributed by atoms with Gasteiger partial charge in [-0.1, -0.05) is 0 Å². The molecule has 36 heavy (non-hydrogen) atoms. The molecule has 2 saturated heterocycles. The van der Waals surface area contributed by atoms with Crippen LogP contribution in [0, 0.1) is 11.7 Å². The SMILES string of the molecule is COc1c(N2CCC(C3(N(C)C4CCNCC4)CC3)C2)c(F)cc2c(=O)c(C(=O)O)cn(C3CC3)c12. The minimum atomic E-state index is -1.30. The molecule has 0 bridgehead atoms. The molecule has 3 heterocycles. The van der Waals surface area contributed by atoms with Crippen LogP contribution in [0.4, 0.5) is 10.1 Å². The summed E-state index contributed by atoms with van der Waals surface area (Å²) in [6, 6.07) is 1.91. The van der Waals surface area contributed by atoms with Crippen molar-refractivity contribution in [2.75, 3.05) is 45.2 Å². The molecule has 9 heteroatoms. The number of benzene rings is 1. The summed E-state index contributed by atoms with van der Waals surface area (Å²) in [6.07, 6.45) is 8.88. The minimum absolute atomic E-state index is 0.0694. The van der Waals surface area contributed by atoms with E-state index in [1.165, 1.54) is 45.1 Å². The fraction of sp³-hybridized carbons (Fsp3) is 0.630. The Morgan fingerprint density at radius 2 is 1.94 bits per heavy atom. The average Bonchev–Trinajstić information content (AvgIpc) is 3.82. The summed E-state index contributed by atoms with van der Waals surface area (Å²) in [5.41, 5.74) is 0.0797. The zero-order valence-corrected chi connectivity index (χ0v) is 21.1. The first-order valence-corrected chi connectivity index (χ1v) is 13.2. The summed E-state index contributed by atoms with van der Waals surface area (Å²) in [5, 5.41) is 13.1. The molecule has 8 nitrogen and oxygen atoms in total. The van der Waals surface area contributed by atoms with Crippen molar-refractivity contribution in [3.8, 4) is 5.75 Å². The summed E-state index contributed by atoms with van der Waals surface area (Å²) in [6.45, 7) is 3.60. The van der Waals surface area contributed by atoms with Crippen molar-refractivity contribution in [1.82, 2.24) is 14.8 Å². The van der Waals surface area contributed by atoms with Crippen LogP contribution in [0.1, 0.15) is 61.3 Å². The van der Waals surface area contributed by atoms with Gasteiger partial charge in [0, 0.05) is 36.9 Å². The van der Waals surface area contributed by atoms with E-state index in [2.05, 4.69) is 22.2 Å². The van der Waals surface area contributed by atoms with Gasteiger partial charge in [0.2, 0.25) is 5.43 Å². The third-order valence-electron chi connectivity index (χ3n) is 9.16. The Hall–Kier alpha value is -2.65. The van der Waals surface area contributed by atoms with Crippen molar-refractivity contribution in [3.05, 3.63) is 33.9 Å². The number of carboxylic acids is 1. The fourth-order valence-electron chi connectivity index (χ4n) is 6.86. The monoisotopic (exact) mass is 498 g/mol. The van der Waals surface area contributed by atoms with Gasteiger partial charge in [-0.25, -0.2) is 9.18 Å². The highest BCUT2D eigenvalue weighted by molar-refractivity contribution is 5.97. The lowest BCUT2D eigenvalue weighted by atomic mass is 9.91. The molecule has 2 aromatic rings. The summed E-state index contributed by atoms with van der Waals surface area (Å²) >= 11 is 0. The van der Waals surface area contributed by atoms with Crippen molar-refractivity contribution in [1.29, 1.82) is 0 Å². The van der Waals surface area contributed by atoms with Gasteiger partial charge < -0.3 is 24.6 Å². The fourth-order valence-corrected chi connectivity index (χ4v) is 6.86. The van der Waals surface area contributed by atoms with Crippen molar-refractivity contribution in [2.24, 2.45) is 5.92 Å². The molecule has 4 aliphatic rings. The van der Waals surface area contributed by atoms with Gasteiger partial charge in [0.25, 0.3) is 0 Å². The van der Waals surface area contributed by atoms with E-state index in [0.29, 0.717) is 28.9 Å². The number of ether oxygens (including phenoxy) is 1. The molecule has 194 valence electrons. The lowest BCUT2D eigenvalue weighted by molar-refractivity contribution is 0.0694. The normalized spacial score (nSPS) is 24.0. The number of aromatic nitrogens is 1. The van der Waals surface area contributed by atoms with Gasteiger partial charge in [-0.3, -0.25) is 9.69 Å². The number of hydrogen-bond donors (Lipinski definition) is 2. The number of halogens is 1. The van der Waals surface area contributed by atoms with E-state index in [4.69, 9.17) is 4.74 Å². The van der Waals surface area contributed by atoms with E-state index in [1.54, 1.807) is 0 Å². The maximum atomic E-state index is 15.7. The first-order valence-electron chi connectivity index (χ1n) is 13.2. The number of anilines is 1. The van der Waals surface area contributed by atoms with Crippen LogP contribution in [0.2, 0.25) is 0 Å². The summed E-state index contributed by atoms with van der Waals surface area (Å²) in [4.78, 5) is 29.4. The highest BCUT2D eigenvalue weighted by Gasteiger charge is 2.55. The average molecular weight is 499 g/mol. The zero-order chi connectivity index (χ0) is 25.2. The Labute approximate surface area is 210 Å². The Bertz CT molecular complexity index is 1260. The highest BCUT2D eigenvalue weighted by Crippen LogP contribution is 2.53. The molecule has 0 spiro atoms. The topological polar surface area (TPSA) is 87.0 Å². The van der Waals surface area contributed by atoms with Crippen molar-refractivity contribution >= 4 is 22.6 Å². The predicted octanol–water partition coefficient (Wildman–Crippen LogP) is 3.23. The molecule has 2 aliphatic carbocycles. The maximum absolute atomic E-state index is 15.7. The Kier molecular flexibility index (Phi) is 5.75. The standard InChI is InChI=1S/C27H35FN4O4/c1-30(17-5-10-29-11-6-17)27(8-9-27)16-7-12-31(14-16)23-21(28)13-19-22(25(23)36-2)32(18-3-4-18)15-20(24(19)33)26(34)35/h13,15-18,29H,3-12,14H2,1-2H3,(H,34,35). The first kappa shape index (κ1) is 23.7. The number of rotatable bonds is 7. The van der Waals surface area contributed by atoms with E-state index in [9.17, 15) is 14.7 Å². The van der Waals surface area contributed by atoms with Gasteiger partial charge in [0.1, 0.15) is 11.3 Å². The Balaban J connectivity index is 1.37. The van der Waals surface area contributed by atoms with Crippen LogP contribution in [0.25, 0.3) is 10.9 Å². The van der Waals surface area contributed by atoms with Crippen molar-refractivity contribution in [3.63, 3.8) is 0 Å². The van der Waals surface area contributed by atoms with Crippen LogP contribution in [-0.2, 0) is 0 Å². The minimum Gasteiger partial charge on any atom is -0.492 e. The number of carboxylic acid groups (broad SMARTS) is 1. The van der Waals surface area contributed by atoms with Gasteiger partial charge in [-0.15, -0.1) is 0 Å². The van der Waals surface area contributed by atoms with E-state index >= 15 is 4.39 Å². The van der Waals surface area contributed by atoms with Crippen LogP contribution in [0.15, 0.2) is 17.1 Å². The van der Waals surface area contributed by atoms with Gasteiger partial charge in [-0.2, -0.15) is 0 Å². The maximum Gasteiger partial charge on any atom is 0.341 e. The Morgan fingerprint density at radius 3 is 2.56 bits per heavy atom.